The minimum absolute atomic E-state index is 0.0217. The number of hydrogen-bond acceptors (Lipinski definition) is 3. The van der Waals surface area contributed by atoms with E-state index < -0.39 is 58.1 Å². The average molecular weight is 659 g/mol. The van der Waals surface area contributed by atoms with E-state index in [9.17, 15) is 45.1 Å². The lowest BCUT2D eigenvalue weighted by atomic mass is 9.78. The molecule has 2 atom stereocenters. The molecule has 0 radical (unpaired) electrons. The van der Waals surface area contributed by atoms with Gasteiger partial charge in [-0.05, 0) is 74.2 Å². The molecule has 2 aromatic rings. The maximum atomic E-state index is 14.1. The van der Waals surface area contributed by atoms with Crippen LogP contribution in [-0.4, -0.2) is 89.8 Å². The average Bonchev–Trinajstić information content (AvgIpc) is 2.98. The molecule has 0 spiro atoms. The van der Waals surface area contributed by atoms with Crippen molar-refractivity contribution >= 4 is 17.8 Å². The van der Waals surface area contributed by atoms with E-state index in [4.69, 9.17) is 0 Å². The molecule has 2 aromatic carbocycles. The number of piperazine rings is 1. The van der Waals surface area contributed by atoms with Crippen molar-refractivity contribution in [2.24, 2.45) is 0 Å². The van der Waals surface area contributed by atoms with Gasteiger partial charge in [0, 0.05) is 65.2 Å². The zero-order valence-electron chi connectivity index (χ0n) is 26.2. The quantitative estimate of drug-likeness (QED) is 0.376. The first-order valence-electron chi connectivity index (χ1n) is 14.8. The van der Waals surface area contributed by atoms with E-state index in [1.807, 2.05) is 0 Å². The van der Waals surface area contributed by atoms with Crippen molar-refractivity contribution in [1.29, 1.82) is 0 Å². The predicted molar refractivity (Wildman–Crippen MR) is 155 cm³/mol. The van der Waals surface area contributed by atoms with Gasteiger partial charge in [0.05, 0.1) is 16.5 Å². The van der Waals surface area contributed by atoms with Gasteiger partial charge in [0.15, 0.2) is 0 Å². The monoisotopic (exact) mass is 658 g/mol. The molecule has 7 nitrogen and oxygen atoms in total. The third kappa shape index (κ3) is 7.25. The number of halogens is 7. The van der Waals surface area contributed by atoms with Gasteiger partial charge in [-0.25, -0.2) is 9.18 Å². The van der Waals surface area contributed by atoms with Crippen LogP contribution in [0.2, 0.25) is 0 Å². The molecule has 2 aliphatic heterocycles. The third-order valence-electron chi connectivity index (χ3n) is 9.14. The Kier molecular flexibility index (Phi) is 9.71. The van der Waals surface area contributed by atoms with Crippen molar-refractivity contribution in [3.63, 3.8) is 0 Å². The molecule has 2 aliphatic rings. The number of amides is 4. The Morgan fingerprint density at radius 2 is 1.30 bits per heavy atom. The van der Waals surface area contributed by atoms with Crippen molar-refractivity contribution in [3.8, 4) is 0 Å². The number of nitrogens with zero attached hydrogens (tertiary/aromatic N) is 4. The first-order valence-corrected chi connectivity index (χ1v) is 14.8. The molecule has 0 saturated carbocycles. The molecule has 14 heteroatoms. The van der Waals surface area contributed by atoms with Crippen LogP contribution in [0.25, 0.3) is 0 Å². The number of carbonyl (C=O) groups is 3. The van der Waals surface area contributed by atoms with Gasteiger partial charge in [-0.3, -0.25) is 9.59 Å². The van der Waals surface area contributed by atoms with Crippen molar-refractivity contribution < 1.29 is 45.1 Å². The number of hydrogen-bond donors (Lipinski definition) is 0. The van der Waals surface area contributed by atoms with Gasteiger partial charge in [0.1, 0.15) is 5.82 Å². The van der Waals surface area contributed by atoms with Crippen LogP contribution in [0.1, 0.15) is 60.9 Å². The molecule has 252 valence electrons. The van der Waals surface area contributed by atoms with E-state index in [2.05, 4.69) is 0 Å². The molecular weight excluding hydrogens is 621 g/mol. The van der Waals surface area contributed by atoms with Gasteiger partial charge >= 0.3 is 18.4 Å². The summed E-state index contributed by atoms with van der Waals surface area (Å²) in [6.45, 7) is 7.48. The summed E-state index contributed by atoms with van der Waals surface area (Å²) in [5.41, 5.74) is -4.07. The molecule has 0 aliphatic carbocycles. The Morgan fingerprint density at radius 1 is 0.783 bits per heavy atom. The molecule has 4 rings (SSSR count). The van der Waals surface area contributed by atoms with Gasteiger partial charge < -0.3 is 19.6 Å². The maximum Gasteiger partial charge on any atom is 0.416 e. The van der Waals surface area contributed by atoms with E-state index in [-0.39, 0.29) is 37.5 Å². The topological polar surface area (TPSA) is 64.2 Å². The molecule has 2 saturated heterocycles. The smallest absolute Gasteiger partial charge is 0.341 e. The molecule has 0 bridgehead atoms. The molecule has 46 heavy (non-hydrogen) atoms. The molecule has 0 aromatic heterocycles. The largest absolute Gasteiger partial charge is 0.416 e. The van der Waals surface area contributed by atoms with Gasteiger partial charge in [0.2, 0.25) is 11.8 Å². The number of urea groups is 1. The van der Waals surface area contributed by atoms with E-state index in [0.717, 1.165) is 0 Å². The minimum Gasteiger partial charge on any atom is -0.341 e. The highest BCUT2D eigenvalue weighted by molar-refractivity contribution is 5.88. The highest BCUT2D eigenvalue weighted by atomic mass is 19.4. The van der Waals surface area contributed by atoms with Crippen molar-refractivity contribution in [1.82, 2.24) is 19.6 Å². The summed E-state index contributed by atoms with van der Waals surface area (Å²) in [6.07, 6.45) is -9.91. The fraction of sp³-hybridized carbons (Fsp3) is 0.531. The van der Waals surface area contributed by atoms with Gasteiger partial charge in [-0.15, -0.1) is 0 Å². The number of alkyl halides is 6. The second-order valence-corrected chi connectivity index (χ2v) is 12.5. The Bertz CT molecular complexity index is 1450. The number of likely N-dealkylation sites (tertiary alicyclic amines) is 1. The fourth-order valence-corrected chi connectivity index (χ4v) is 6.38. The highest BCUT2D eigenvalue weighted by Gasteiger charge is 2.44. The molecule has 0 N–H and O–H groups in total. The summed E-state index contributed by atoms with van der Waals surface area (Å²) in [5.74, 6) is -1.83. The standard InChI is InChI=1S/C32H37F7N4O3/c1-19-14-24(33)6-7-25(19)26-18-43(29(46)42-12-10-41(11-13-42)20(2)44)9-8-27(26)40(5)28(45)30(3,4)21-15-22(31(34,35)36)17-23(16-21)32(37,38)39/h6-7,14-17,26-27H,8-13,18H2,1-5H3/t26-,27+/m1/s1. The van der Waals surface area contributed by atoms with Gasteiger partial charge in [0.25, 0.3) is 0 Å². The molecule has 2 heterocycles. The zero-order chi connectivity index (χ0) is 34.4. The Hall–Kier alpha value is -3.84. The fourth-order valence-electron chi connectivity index (χ4n) is 6.38. The van der Waals surface area contributed by atoms with Gasteiger partial charge in [-0.1, -0.05) is 6.07 Å². The van der Waals surface area contributed by atoms with E-state index in [1.165, 1.54) is 44.9 Å². The van der Waals surface area contributed by atoms with Crippen LogP contribution in [0, 0.1) is 12.7 Å². The Morgan fingerprint density at radius 3 is 1.80 bits per heavy atom. The number of benzene rings is 2. The number of rotatable bonds is 4. The predicted octanol–water partition coefficient (Wildman–Crippen LogP) is 6.05. The SMILES string of the molecule is CC(=O)N1CCN(C(=O)N2CC[C@H](N(C)C(=O)C(C)(C)c3cc(C(F)(F)F)cc(C(F)(F)F)c3)[C@@H](c3ccc(F)cc3C)C2)CC1. The second-order valence-electron chi connectivity index (χ2n) is 12.5. The van der Waals surface area contributed by atoms with Crippen molar-refractivity contribution in [2.45, 2.75) is 63.8 Å². The zero-order valence-corrected chi connectivity index (χ0v) is 26.2. The number of likely N-dealkylation sites (N-methyl/N-ethyl adjacent to an activating group) is 1. The van der Waals surface area contributed by atoms with Gasteiger partial charge in [-0.2, -0.15) is 26.3 Å². The normalized spacial score (nSPS) is 19.7. The van der Waals surface area contributed by atoms with E-state index >= 15 is 0 Å². The maximum absolute atomic E-state index is 14.1. The second kappa shape index (κ2) is 12.7. The summed E-state index contributed by atoms with van der Waals surface area (Å²) in [7, 11) is 1.44. The number of aryl methyl sites for hydroxylation is 1. The Balaban J connectivity index is 1.65. The summed E-state index contributed by atoms with van der Waals surface area (Å²) in [5, 5.41) is 0. The lowest BCUT2D eigenvalue weighted by molar-refractivity contribution is -0.144. The van der Waals surface area contributed by atoms with E-state index in [0.29, 0.717) is 49.4 Å². The van der Waals surface area contributed by atoms with Crippen LogP contribution >= 0.6 is 0 Å². The molecular formula is C32H37F7N4O3. The highest BCUT2D eigenvalue weighted by Crippen LogP contribution is 2.41. The van der Waals surface area contributed by atoms with E-state index in [1.54, 1.807) is 27.7 Å². The number of carbonyl (C=O) groups excluding carboxylic acids is 3. The summed E-state index contributed by atoms with van der Waals surface area (Å²) in [4.78, 5) is 45.5. The summed E-state index contributed by atoms with van der Waals surface area (Å²) >= 11 is 0. The van der Waals surface area contributed by atoms with Crippen molar-refractivity contribution in [2.75, 3.05) is 46.3 Å². The third-order valence-corrected chi connectivity index (χ3v) is 9.14. The molecule has 2 fully saturated rings. The first kappa shape index (κ1) is 35.0. The molecule has 0 unspecified atom stereocenters. The van der Waals surface area contributed by atoms with Crippen LogP contribution in [-0.2, 0) is 27.4 Å². The van der Waals surface area contributed by atoms with Crippen LogP contribution < -0.4 is 0 Å². The Labute approximate surface area is 262 Å². The lowest BCUT2D eigenvalue weighted by Crippen LogP contribution is -2.58. The summed E-state index contributed by atoms with van der Waals surface area (Å²) < 4.78 is 95.9. The van der Waals surface area contributed by atoms with Crippen LogP contribution in [0.15, 0.2) is 36.4 Å². The van der Waals surface area contributed by atoms with Crippen LogP contribution in [0.5, 0.6) is 0 Å². The van der Waals surface area contributed by atoms with Crippen molar-refractivity contribution in [3.05, 3.63) is 70.0 Å². The van der Waals surface area contributed by atoms with Crippen LogP contribution in [0.3, 0.4) is 0 Å². The first-order chi connectivity index (χ1) is 21.2. The number of piperidine rings is 1. The molecule has 4 amide bonds. The minimum atomic E-state index is -5.08. The lowest BCUT2D eigenvalue weighted by Gasteiger charge is -2.46. The van der Waals surface area contributed by atoms with Crippen LogP contribution in [0.4, 0.5) is 35.5 Å². The summed E-state index contributed by atoms with van der Waals surface area (Å²) in [6, 6.07) is 4.41.